The number of thiophene rings is 1. The van der Waals surface area contributed by atoms with Gasteiger partial charge in [0.2, 0.25) is 10.0 Å². The number of rotatable bonds is 8. The quantitative estimate of drug-likeness (QED) is 0.395. The maximum Gasteiger partial charge on any atom is 0.255 e. The Hall–Kier alpha value is -3.48. The first-order chi connectivity index (χ1) is 15.8. The van der Waals surface area contributed by atoms with E-state index < -0.39 is 21.7 Å². The minimum atomic E-state index is -3.69. The van der Waals surface area contributed by atoms with Gasteiger partial charge in [-0.25, -0.2) is 17.5 Å². The maximum atomic E-state index is 14.2. The molecule has 2 N–H and O–H groups in total. The van der Waals surface area contributed by atoms with Crippen molar-refractivity contribution in [3.63, 3.8) is 0 Å². The van der Waals surface area contributed by atoms with Crippen molar-refractivity contribution in [3.8, 4) is 5.69 Å². The van der Waals surface area contributed by atoms with Gasteiger partial charge in [-0.15, -0.1) is 16.4 Å². The number of hydrogen-bond donors (Lipinski definition) is 2. The number of nitrogens with one attached hydrogen (secondary N) is 2. The van der Waals surface area contributed by atoms with Gasteiger partial charge in [0.15, 0.2) is 5.82 Å². The van der Waals surface area contributed by atoms with Gasteiger partial charge in [0, 0.05) is 22.7 Å². The van der Waals surface area contributed by atoms with Crippen LogP contribution in [0, 0.1) is 12.7 Å². The Kier molecular flexibility index (Phi) is 6.58. The Labute approximate surface area is 193 Å². The fraction of sp³-hybridized carbons (Fsp3) is 0.143. The predicted molar refractivity (Wildman–Crippen MR) is 121 cm³/mol. The minimum absolute atomic E-state index is 0.0588. The van der Waals surface area contributed by atoms with Gasteiger partial charge in [-0.2, -0.15) is 4.68 Å². The number of aryl methyl sites for hydroxylation is 1. The summed E-state index contributed by atoms with van der Waals surface area (Å²) in [6.45, 7) is 1.90. The summed E-state index contributed by atoms with van der Waals surface area (Å²) in [7, 11) is -3.69. The van der Waals surface area contributed by atoms with E-state index in [1.54, 1.807) is 18.3 Å². The molecule has 0 fully saturated rings. The van der Waals surface area contributed by atoms with E-state index in [0.717, 1.165) is 4.88 Å². The van der Waals surface area contributed by atoms with Crippen LogP contribution in [0.5, 0.6) is 0 Å². The average molecular weight is 487 g/mol. The standard InChI is InChI=1S/C21H19FN6O3S2/c1-14-25-26-27-28(14)20-13-16(6-9-19(20)22)24-21(29)15-4-7-18(8-5-15)33(30,31)23-11-10-17-3-2-12-32-17/h2-9,12-13,23H,10-11H2,1H3,(H,24,29). The lowest BCUT2D eigenvalue weighted by molar-refractivity contribution is 0.102. The highest BCUT2D eigenvalue weighted by atomic mass is 32.2. The van der Waals surface area contributed by atoms with E-state index in [0.29, 0.717) is 17.9 Å². The molecule has 33 heavy (non-hydrogen) atoms. The topological polar surface area (TPSA) is 119 Å². The molecule has 0 aliphatic heterocycles. The predicted octanol–water partition coefficient (Wildman–Crippen LogP) is 2.94. The van der Waals surface area contributed by atoms with Crippen LogP contribution in [0.15, 0.2) is 64.9 Å². The van der Waals surface area contributed by atoms with Crippen LogP contribution < -0.4 is 10.0 Å². The summed E-state index contributed by atoms with van der Waals surface area (Å²) in [6.07, 6.45) is 0.598. The molecule has 1 amide bonds. The summed E-state index contributed by atoms with van der Waals surface area (Å²) < 4.78 is 42.9. The maximum absolute atomic E-state index is 14.2. The third-order valence-corrected chi connectivity index (χ3v) is 7.14. The summed E-state index contributed by atoms with van der Waals surface area (Å²) >= 11 is 1.57. The van der Waals surface area contributed by atoms with Crippen molar-refractivity contribution in [2.75, 3.05) is 11.9 Å². The first-order valence-electron chi connectivity index (χ1n) is 9.82. The molecule has 2 aromatic heterocycles. The summed E-state index contributed by atoms with van der Waals surface area (Å²) in [6, 6.07) is 13.4. The largest absolute Gasteiger partial charge is 0.322 e. The molecular formula is C21H19FN6O3S2. The molecule has 0 atom stereocenters. The molecule has 2 heterocycles. The number of carbonyl (C=O) groups excluding carboxylic acids is 1. The van der Waals surface area contributed by atoms with E-state index in [1.807, 2.05) is 17.5 Å². The van der Waals surface area contributed by atoms with Crippen LogP contribution in [-0.2, 0) is 16.4 Å². The summed E-state index contributed by atoms with van der Waals surface area (Å²) in [4.78, 5) is 13.8. The Morgan fingerprint density at radius 3 is 2.61 bits per heavy atom. The molecule has 2 aromatic carbocycles. The lowest BCUT2D eigenvalue weighted by Gasteiger charge is -2.10. The fourth-order valence-electron chi connectivity index (χ4n) is 3.04. The second-order valence-electron chi connectivity index (χ2n) is 7.01. The molecule has 0 aliphatic carbocycles. The van der Waals surface area contributed by atoms with E-state index in [9.17, 15) is 17.6 Å². The number of halogens is 1. The second-order valence-corrected chi connectivity index (χ2v) is 9.81. The highest BCUT2D eigenvalue weighted by Crippen LogP contribution is 2.20. The SMILES string of the molecule is Cc1nnnn1-c1cc(NC(=O)c2ccc(S(=O)(=O)NCCc3cccs3)cc2)ccc1F. The van der Waals surface area contributed by atoms with Crippen molar-refractivity contribution in [3.05, 3.63) is 82.1 Å². The van der Waals surface area contributed by atoms with Crippen LogP contribution in [0.2, 0.25) is 0 Å². The monoisotopic (exact) mass is 486 g/mol. The fourth-order valence-corrected chi connectivity index (χ4v) is 4.78. The van der Waals surface area contributed by atoms with Crippen LogP contribution >= 0.6 is 11.3 Å². The molecule has 0 radical (unpaired) electrons. The number of benzene rings is 2. The van der Waals surface area contributed by atoms with Gasteiger partial charge in [0.05, 0.1) is 4.90 Å². The number of aromatic nitrogens is 4. The second kappa shape index (κ2) is 9.57. The number of tetrazole rings is 1. The van der Waals surface area contributed by atoms with E-state index in [2.05, 4.69) is 25.6 Å². The van der Waals surface area contributed by atoms with Gasteiger partial charge in [0.25, 0.3) is 5.91 Å². The average Bonchev–Trinajstić information content (AvgIpc) is 3.47. The van der Waals surface area contributed by atoms with E-state index in [4.69, 9.17) is 0 Å². The normalized spacial score (nSPS) is 11.5. The van der Waals surface area contributed by atoms with Crippen molar-refractivity contribution in [1.29, 1.82) is 0 Å². The molecule has 4 aromatic rings. The number of hydrogen-bond acceptors (Lipinski definition) is 7. The van der Waals surface area contributed by atoms with Crippen molar-refractivity contribution in [1.82, 2.24) is 24.9 Å². The molecule has 170 valence electrons. The van der Waals surface area contributed by atoms with E-state index in [-0.39, 0.29) is 22.7 Å². The van der Waals surface area contributed by atoms with Crippen molar-refractivity contribution in [2.24, 2.45) is 0 Å². The highest BCUT2D eigenvalue weighted by Gasteiger charge is 2.16. The number of amides is 1. The Bertz CT molecular complexity index is 1370. The smallest absolute Gasteiger partial charge is 0.255 e. The van der Waals surface area contributed by atoms with E-state index in [1.165, 1.54) is 47.1 Å². The Morgan fingerprint density at radius 2 is 1.94 bits per heavy atom. The first kappa shape index (κ1) is 22.7. The molecule has 4 rings (SSSR count). The third kappa shape index (κ3) is 5.30. The zero-order valence-electron chi connectivity index (χ0n) is 17.4. The number of anilines is 1. The highest BCUT2D eigenvalue weighted by molar-refractivity contribution is 7.89. The zero-order valence-corrected chi connectivity index (χ0v) is 19.0. The molecule has 9 nitrogen and oxygen atoms in total. The van der Waals surface area contributed by atoms with Crippen molar-refractivity contribution in [2.45, 2.75) is 18.2 Å². The number of nitrogens with zero attached hydrogens (tertiary/aromatic N) is 4. The molecule has 0 saturated carbocycles. The van der Waals surface area contributed by atoms with Crippen LogP contribution in [0.3, 0.4) is 0 Å². The molecule has 0 saturated heterocycles. The van der Waals surface area contributed by atoms with Gasteiger partial charge in [-0.1, -0.05) is 6.07 Å². The van der Waals surface area contributed by atoms with Crippen LogP contribution in [0.25, 0.3) is 5.69 Å². The molecule has 0 unspecified atom stereocenters. The lowest BCUT2D eigenvalue weighted by atomic mass is 10.2. The van der Waals surface area contributed by atoms with Crippen LogP contribution in [0.1, 0.15) is 21.1 Å². The number of sulfonamides is 1. The first-order valence-corrected chi connectivity index (χ1v) is 12.2. The van der Waals surface area contributed by atoms with Crippen molar-refractivity contribution < 1.29 is 17.6 Å². The molecule has 0 bridgehead atoms. The van der Waals surface area contributed by atoms with Crippen LogP contribution in [-0.4, -0.2) is 41.1 Å². The van der Waals surface area contributed by atoms with Gasteiger partial charge in [0.1, 0.15) is 11.5 Å². The van der Waals surface area contributed by atoms with Gasteiger partial charge >= 0.3 is 0 Å². The summed E-state index contributed by atoms with van der Waals surface area (Å²) in [5, 5.41) is 15.6. The molecule has 0 aliphatic rings. The number of carbonyl (C=O) groups is 1. The Balaban J connectivity index is 1.43. The van der Waals surface area contributed by atoms with E-state index >= 15 is 0 Å². The minimum Gasteiger partial charge on any atom is -0.322 e. The zero-order chi connectivity index (χ0) is 23.4. The lowest BCUT2D eigenvalue weighted by Crippen LogP contribution is -2.26. The van der Waals surface area contributed by atoms with Crippen LogP contribution in [0.4, 0.5) is 10.1 Å². The molecule has 0 spiro atoms. The van der Waals surface area contributed by atoms with Gasteiger partial charge < -0.3 is 5.32 Å². The van der Waals surface area contributed by atoms with Gasteiger partial charge in [-0.3, -0.25) is 4.79 Å². The van der Waals surface area contributed by atoms with Gasteiger partial charge in [-0.05, 0) is 77.7 Å². The Morgan fingerprint density at radius 1 is 1.15 bits per heavy atom. The third-order valence-electron chi connectivity index (χ3n) is 4.73. The molecule has 12 heteroatoms. The summed E-state index contributed by atoms with van der Waals surface area (Å²) in [5.74, 6) is -0.640. The van der Waals surface area contributed by atoms with Crippen molar-refractivity contribution >= 4 is 33.0 Å². The summed E-state index contributed by atoms with van der Waals surface area (Å²) in [5.41, 5.74) is 0.667. The molecular weight excluding hydrogens is 467 g/mol.